The van der Waals surface area contributed by atoms with Gasteiger partial charge in [-0.05, 0) is 18.6 Å². The highest BCUT2D eigenvalue weighted by molar-refractivity contribution is 6.32. The number of aromatic nitrogens is 2. The second kappa shape index (κ2) is 8.73. The highest BCUT2D eigenvalue weighted by Crippen LogP contribution is 2.31. The Morgan fingerprint density at radius 3 is 2.72 bits per heavy atom. The Kier molecular flexibility index (Phi) is 6.66. The van der Waals surface area contributed by atoms with Gasteiger partial charge in [0.05, 0.1) is 12.8 Å². The summed E-state index contributed by atoms with van der Waals surface area (Å²) in [5, 5.41) is 9.69. The fourth-order valence-corrected chi connectivity index (χ4v) is 2.54. The standard InChI is InChI=1S/C16H19Cl2N5O2/c1-9-6-11(12(25-3)7-10(9)17)23-13(24)4-5-20-16-14(19-2)15(18)21-8-22-16/h6-8,19H,4-5H2,1-3H3,(H,23,24)(H,20,21,22). The summed E-state index contributed by atoms with van der Waals surface area (Å²) in [7, 11) is 3.24. The van der Waals surface area contributed by atoms with E-state index in [2.05, 4.69) is 25.9 Å². The lowest BCUT2D eigenvalue weighted by Gasteiger charge is -2.13. The molecule has 0 saturated carbocycles. The largest absolute Gasteiger partial charge is 0.495 e. The molecule has 9 heteroatoms. The van der Waals surface area contributed by atoms with Crippen LogP contribution in [-0.4, -0.2) is 36.6 Å². The molecule has 0 aliphatic carbocycles. The number of carbonyl (C=O) groups excluding carboxylic acids is 1. The maximum absolute atomic E-state index is 12.2. The molecule has 7 nitrogen and oxygen atoms in total. The quantitative estimate of drug-likeness (QED) is 0.633. The SMILES string of the molecule is CNc1c(Cl)ncnc1NCCC(=O)Nc1cc(C)c(Cl)cc1OC. The van der Waals surface area contributed by atoms with Gasteiger partial charge < -0.3 is 20.7 Å². The van der Waals surface area contributed by atoms with Crippen LogP contribution in [0, 0.1) is 6.92 Å². The number of rotatable bonds is 7. The van der Waals surface area contributed by atoms with Crippen LogP contribution in [0.25, 0.3) is 0 Å². The van der Waals surface area contributed by atoms with E-state index in [1.807, 2.05) is 6.92 Å². The van der Waals surface area contributed by atoms with Crippen LogP contribution in [-0.2, 0) is 4.79 Å². The van der Waals surface area contributed by atoms with Crippen molar-refractivity contribution >= 4 is 46.3 Å². The number of anilines is 3. The van der Waals surface area contributed by atoms with Crippen molar-refractivity contribution in [3.05, 3.63) is 34.2 Å². The van der Waals surface area contributed by atoms with Gasteiger partial charge in [-0.1, -0.05) is 23.2 Å². The van der Waals surface area contributed by atoms with Crippen molar-refractivity contribution in [2.75, 3.05) is 36.7 Å². The van der Waals surface area contributed by atoms with Gasteiger partial charge in [-0.2, -0.15) is 0 Å². The summed E-state index contributed by atoms with van der Waals surface area (Å²) in [6.45, 7) is 2.24. The van der Waals surface area contributed by atoms with Crippen LogP contribution in [0.15, 0.2) is 18.5 Å². The molecule has 25 heavy (non-hydrogen) atoms. The zero-order chi connectivity index (χ0) is 18.4. The van der Waals surface area contributed by atoms with Crippen molar-refractivity contribution in [3.63, 3.8) is 0 Å². The fraction of sp³-hybridized carbons (Fsp3) is 0.312. The number of methoxy groups -OCH3 is 1. The minimum Gasteiger partial charge on any atom is -0.495 e. The summed E-state index contributed by atoms with van der Waals surface area (Å²) >= 11 is 12.0. The lowest BCUT2D eigenvalue weighted by Crippen LogP contribution is -2.17. The molecule has 1 amide bonds. The van der Waals surface area contributed by atoms with Crippen LogP contribution >= 0.6 is 23.2 Å². The number of aryl methyl sites for hydroxylation is 1. The topological polar surface area (TPSA) is 88.2 Å². The van der Waals surface area contributed by atoms with E-state index in [1.165, 1.54) is 13.4 Å². The predicted molar refractivity (Wildman–Crippen MR) is 101 cm³/mol. The average molecular weight is 384 g/mol. The first kappa shape index (κ1) is 19.1. The number of nitrogens with zero attached hydrogens (tertiary/aromatic N) is 2. The van der Waals surface area contributed by atoms with E-state index in [-0.39, 0.29) is 12.3 Å². The Balaban J connectivity index is 1.96. The predicted octanol–water partition coefficient (Wildman–Crippen LogP) is 3.58. The minimum atomic E-state index is -0.168. The van der Waals surface area contributed by atoms with Crippen LogP contribution < -0.4 is 20.7 Å². The smallest absolute Gasteiger partial charge is 0.226 e. The highest BCUT2D eigenvalue weighted by Gasteiger charge is 2.12. The van der Waals surface area contributed by atoms with Gasteiger partial charge in [0.2, 0.25) is 5.91 Å². The minimum absolute atomic E-state index is 0.168. The van der Waals surface area contributed by atoms with Crippen LogP contribution in [0.4, 0.5) is 17.2 Å². The van der Waals surface area contributed by atoms with Crippen molar-refractivity contribution in [1.82, 2.24) is 9.97 Å². The number of amides is 1. The van der Waals surface area contributed by atoms with Crippen LogP contribution in [0.5, 0.6) is 5.75 Å². The Morgan fingerprint density at radius 2 is 2.04 bits per heavy atom. The molecular formula is C16H19Cl2N5O2. The van der Waals surface area contributed by atoms with Gasteiger partial charge in [0.25, 0.3) is 0 Å². The van der Waals surface area contributed by atoms with Crippen molar-refractivity contribution in [2.24, 2.45) is 0 Å². The zero-order valence-electron chi connectivity index (χ0n) is 14.1. The molecule has 0 spiro atoms. The Morgan fingerprint density at radius 1 is 1.28 bits per heavy atom. The second-order valence-electron chi connectivity index (χ2n) is 5.16. The number of carbonyl (C=O) groups is 1. The van der Waals surface area contributed by atoms with Crippen LogP contribution in [0.2, 0.25) is 10.2 Å². The summed E-state index contributed by atoms with van der Waals surface area (Å²) in [5.41, 5.74) is 2.01. The van der Waals surface area contributed by atoms with Crippen molar-refractivity contribution in [1.29, 1.82) is 0 Å². The number of hydrogen-bond donors (Lipinski definition) is 3. The molecule has 0 aliphatic rings. The van der Waals surface area contributed by atoms with E-state index in [0.717, 1.165) is 5.56 Å². The summed E-state index contributed by atoms with van der Waals surface area (Å²) in [6, 6.07) is 3.45. The summed E-state index contributed by atoms with van der Waals surface area (Å²) < 4.78 is 5.24. The highest BCUT2D eigenvalue weighted by atomic mass is 35.5. The summed E-state index contributed by atoms with van der Waals surface area (Å²) in [5.74, 6) is 0.880. The Labute approximate surface area is 156 Å². The number of nitrogens with one attached hydrogen (secondary N) is 3. The van der Waals surface area contributed by atoms with Gasteiger partial charge in [0, 0.05) is 31.1 Å². The first-order valence-electron chi connectivity index (χ1n) is 7.52. The molecule has 0 atom stereocenters. The molecule has 2 aromatic rings. The number of hydrogen-bond acceptors (Lipinski definition) is 6. The zero-order valence-corrected chi connectivity index (χ0v) is 15.6. The molecule has 0 aliphatic heterocycles. The third-order valence-corrected chi connectivity index (χ3v) is 4.14. The monoisotopic (exact) mass is 383 g/mol. The molecule has 1 aromatic heterocycles. The number of halogens is 2. The summed E-state index contributed by atoms with van der Waals surface area (Å²) in [6.07, 6.45) is 1.59. The van der Waals surface area contributed by atoms with Gasteiger partial charge in [0.1, 0.15) is 17.8 Å². The van der Waals surface area contributed by atoms with Gasteiger partial charge in [0.15, 0.2) is 11.0 Å². The first-order valence-corrected chi connectivity index (χ1v) is 8.28. The van der Waals surface area contributed by atoms with Gasteiger partial charge in [-0.15, -0.1) is 0 Å². The number of benzene rings is 1. The summed E-state index contributed by atoms with van der Waals surface area (Å²) in [4.78, 5) is 20.2. The molecule has 0 radical (unpaired) electrons. The maximum atomic E-state index is 12.2. The molecule has 134 valence electrons. The molecule has 2 rings (SSSR count). The third-order valence-electron chi connectivity index (χ3n) is 3.45. The first-order chi connectivity index (χ1) is 12.0. The van der Waals surface area contributed by atoms with E-state index in [0.29, 0.717) is 39.7 Å². The van der Waals surface area contributed by atoms with Crippen LogP contribution in [0.1, 0.15) is 12.0 Å². The molecule has 0 unspecified atom stereocenters. The fourth-order valence-electron chi connectivity index (χ4n) is 2.16. The molecule has 0 fully saturated rings. The lowest BCUT2D eigenvalue weighted by atomic mass is 10.2. The third kappa shape index (κ3) is 4.87. The normalized spacial score (nSPS) is 10.3. The molecular weight excluding hydrogens is 365 g/mol. The number of ether oxygens (including phenoxy) is 1. The van der Waals surface area contributed by atoms with Gasteiger partial charge >= 0.3 is 0 Å². The van der Waals surface area contributed by atoms with Crippen LogP contribution in [0.3, 0.4) is 0 Å². The maximum Gasteiger partial charge on any atom is 0.226 e. The lowest BCUT2D eigenvalue weighted by molar-refractivity contribution is -0.116. The molecule has 3 N–H and O–H groups in total. The van der Waals surface area contributed by atoms with E-state index in [4.69, 9.17) is 27.9 Å². The molecule has 1 aromatic carbocycles. The van der Waals surface area contributed by atoms with E-state index in [9.17, 15) is 4.79 Å². The van der Waals surface area contributed by atoms with Crippen molar-refractivity contribution < 1.29 is 9.53 Å². The van der Waals surface area contributed by atoms with Gasteiger partial charge in [-0.3, -0.25) is 4.79 Å². The van der Waals surface area contributed by atoms with Gasteiger partial charge in [-0.25, -0.2) is 9.97 Å². The van der Waals surface area contributed by atoms with E-state index < -0.39 is 0 Å². The molecule has 0 saturated heterocycles. The average Bonchev–Trinajstić information content (AvgIpc) is 2.58. The van der Waals surface area contributed by atoms with Crippen molar-refractivity contribution in [2.45, 2.75) is 13.3 Å². The van der Waals surface area contributed by atoms with E-state index in [1.54, 1.807) is 19.2 Å². The molecule has 0 bridgehead atoms. The Hall–Kier alpha value is -2.25. The van der Waals surface area contributed by atoms with Crippen molar-refractivity contribution in [3.8, 4) is 5.75 Å². The Bertz CT molecular complexity index is 770. The van der Waals surface area contributed by atoms with E-state index >= 15 is 0 Å². The molecule has 1 heterocycles. The second-order valence-corrected chi connectivity index (χ2v) is 5.93.